The summed E-state index contributed by atoms with van der Waals surface area (Å²) in [5.74, 6) is 1.34. The zero-order valence-corrected chi connectivity index (χ0v) is 11.0. The molecule has 1 aliphatic rings. The maximum atomic E-state index is 11.4. The zero-order valence-electron chi connectivity index (χ0n) is 11.0. The fourth-order valence-electron chi connectivity index (χ4n) is 1.76. The van der Waals surface area contributed by atoms with E-state index in [1.54, 1.807) is 25.3 Å². The molecule has 0 amide bonds. The van der Waals surface area contributed by atoms with E-state index in [-0.39, 0.29) is 12.4 Å². The molecule has 1 aliphatic heterocycles. The molecule has 5 heteroatoms. The number of methoxy groups -OCH3 is 1. The minimum atomic E-state index is 0.0214. The Morgan fingerprint density at radius 2 is 2.11 bits per heavy atom. The number of rotatable bonds is 8. The summed E-state index contributed by atoms with van der Waals surface area (Å²) in [7, 11) is 1.65. The predicted molar refractivity (Wildman–Crippen MR) is 69.1 cm³/mol. The van der Waals surface area contributed by atoms with E-state index in [4.69, 9.17) is 18.9 Å². The third-order valence-corrected chi connectivity index (χ3v) is 2.75. The summed E-state index contributed by atoms with van der Waals surface area (Å²) >= 11 is 0. The first-order valence-electron chi connectivity index (χ1n) is 6.31. The lowest BCUT2D eigenvalue weighted by atomic mass is 10.1. The lowest BCUT2D eigenvalue weighted by Gasteiger charge is -2.07. The molecule has 0 N–H and O–H groups in total. The summed E-state index contributed by atoms with van der Waals surface area (Å²) in [4.78, 5) is 11.4. The molecule has 0 fully saturated rings. The number of ketones is 1. The Kier molecular flexibility index (Phi) is 5.18. The average molecular weight is 266 g/mol. The van der Waals surface area contributed by atoms with E-state index in [0.29, 0.717) is 43.5 Å². The van der Waals surface area contributed by atoms with Crippen LogP contribution in [-0.2, 0) is 9.47 Å². The largest absolute Gasteiger partial charge is 0.493 e. The third kappa shape index (κ3) is 3.94. The van der Waals surface area contributed by atoms with Crippen LogP contribution in [0.5, 0.6) is 11.5 Å². The van der Waals surface area contributed by atoms with Gasteiger partial charge in [-0.1, -0.05) is 0 Å². The molecule has 1 aromatic rings. The molecule has 0 saturated heterocycles. The molecule has 19 heavy (non-hydrogen) atoms. The van der Waals surface area contributed by atoms with Crippen LogP contribution in [0.15, 0.2) is 18.2 Å². The topological polar surface area (TPSA) is 54.0 Å². The zero-order chi connectivity index (χ0) is 13.5. The van der Waals surface area contributed by atoms with Crippen LogP contribution >= 0.6 is 0 Å². The van der Waals surface area contributed by atoms with Crippen molar-refractivity contribution in [3.05, 3.63) is 23.8 Å². The fraction of sp³-hybridized carbons (Fsp3) is 0.500. The predicted octanol–water partition coefficient (Wildman–Crippen LogP) is 1.69. The fourth-order valence-corrected chi connectivity index (χ4v) is 1.76. The molecule has 0 spiro atoms. The Bertz CT molecular complexity index is 430. The quantitative estimate of drug-likeness (QED) is 0.670. The van der Waals surface area contributed by atoms with Gasteiger partial charge in [-0.25, -0.2) is 0 Å². The van der Waals surface area contributed by atoms with Crippen molar-refractivity contribution in [3.8, 4) is 11.5 Å². The van der Waals surface area contributed by atoms with Gasteiger partial charge in [0.2, 0.25) is 5.78 Å². The highest BCUT2D eigenvalue weighted by molar-refractivity contribution is 6.02. The van der Waals surface area contributed by atoms with Gasteiger partial charge in [0.25, 0.3) is 0 Å². The molecule has 5 nitrogen and oxygen atoms in total. The molecule has 2 rings (SSSR count). The second-order valence-electron chi connectivity index (χ2n) is 4.18. The van der Waals surface area contributed by atoms with E-state index in [2.05, 4.69) is 0 Å². The first-order chi connectivity index (χ1) is 9.31. The van der Waals surface area contributed by atoms with Crippen LogP contribution in [0.4, 0.5) is 0 Å². The van der Waals surface area contributed by atoms with Crippen LogP contribution in [0.25, 0.3) is 0 Å². The first kappa shape index (κ1) is 13.8. The number of carbonyl (C=O) groups is 1. The molecule has 0 aliphatic carbocycles. The van der Waals surface area contributed by atoms with Crippen molar-refractivity contribution in [3.63, 3.8) is 0 Å². The molecule has 0 atom stereocenters. The Balaban J connectivity index is 1.68. The first-order valence-corrected chi connectivity index (χ1v) is 6.31. The number of fused-ring (bicyclic) bond motifs is 1. The molecular formula is C14H18O5. The maximum Gasteiger partial charge on any atom is 0.203 e. The average Bonchev–Trinajstić information content (AvgIpc) is 2.79. The highest BCUT2D eigenvalue weighted by Crippen LogP contribution is 2.29. The van der Waals surface area contributed by atoms with Crippen molar-refractivity contribution in [1.82, 2.24) is 0 Å². The van der Waals surface area contributed by atoms with E-state index in [9.17, 15) is 4.79 Å². The van der Waals surface area contributed by atoms with Gasteiger partial charge in [-0.15, -0.1) is 0 Å². The van der Waals surface area contributed by atoms with E-state index in [1.165, 1.54) is 0 Å². The van der Waals surface area contributed by atoms with E-state index in [1.807, 2.05) is 0 Å². The van der Waals surface area contributed by atoms with Crippen molar-refractivity contribution in [1.29, 1.82) is 0 Å². The standard InChI is InChI=1S/C14H18O5/c1-16-7-8-17-5-2-6-18-11-3-4-12-13(15)10-19-14(12)9-11/h3-4,9H,2,5-8,10H2,1H3. The summed E-state index contributed by atoms with van der Waals surface area (Å²) in [6.45, 7) is 2.55. The Labute approximate surface area is 112 Å². The summed E-state index contributed by atoms with van der Waals surface area (Å²) in [5, 5.41) is 0. The Morgan fingerprint density at radius 1 is 1.21 bits per heavy atom. The van der Waals surface area contributed by atoms with E-state index < -0.39 is 0 Å². The monoisotopic (exact) mass is 266 g/mol. The third-order valence-electron chi connectivity index (χ3n) is 2.75. The van der Waals surface area contributed by atoms with Crippen molar-refractivity contribution in [2.24, 2.45) is 0 Å². The number of Topliss-reactive ketones (excluding diaryl/α,β-unsaturated/α-hetero) is 1. The molecule has 0 saturated carbocycles. The highest BCUT2D eigenvalue weighted by atomic mass is 16.5. The van der Waals surface area contributed by atoms with Crippen LogP contribution in [0.2, 0.25) is 0 Å². The lowest BCUT2D eigenvalue weighted by Crippen LogP contribution is -2.06. The molecule has 104 valence electrons. The van der Waals surface area contributed by atoms with Crippen LogP contribution in [0.1, 0.15) is 16.8 Å². The van der Waals surface area contributed by atoms with Crippen LogP contribution in [-0.4, -0.2) is 45.9 Å². The molecule has 1 heterocycles. The minimum absolute atomic E-state index is 0.0214. The van der Waals surface area contributed by atoms with Crippen LogP contribution in [0, 0.1) is 0 Å². The number of carbonyl (C=O) groups excluding carboxylic acids is 1. The summed E-state index contributed by atoms with van der Waals surface area (Å²) < 4.78 is 21.0. The van der Waals surface area contributed by atoms with Gasteiger partial charge < -0.3 is 18.9 Å². The van der Waals surface area contributed by atoms with Gasteiger partial charge >= 0.3 is 0 Å². The van der Waals surface area contributed by atoms with Gasteiger partial charge in [-0.05, 0) is 12.1 Å². The van der Waals surface area contributed by atoms with Crippen molar-refractivity contribution < 1.29 is 23.7 Å². The Hall–Kier alpha value is -1.59. The van der Waals surface area contributed by atoms with Gasteiger partial charge in [-0.3, -0.25) is 4.79 Å². The van der Waals surface area contributed by atoms with Gasteiger partial charge in [0.05, 0.1) is 25.4 Å². The normalized spacial score (nSPS) is 13.2. The molecular weight excluding hydrogens is 248 g/mol. The van der Waals surface area contributed by atoms with Gasteiger partial charge in [0, 0.05) is 26.2 Å². The van der Waals surface area contributed by atoms with E-state index in [0.717, 1.165) is 6.42 Å². The number of benzene rings is 1. The molecule has 0 bridgehead atoms. The van der Waals surface area contributed by atoms with Gasteiger partial charge in [0.1, 0.15) is 11.5 Å². The number of hydrogen-bond acceptors (Lipinski definition) is 5. The van der Waals surface area contributed by atoms with Crippen molar-refractivity contribution in [2.75, 3.05) is 40.1 Å². The van der Waals surface area contributed by atoms with Crippen LogP contribution in [0.3, 0.4) is 0 Å². The van der Waals surface area contributed by atoms with Crippen molar-refractivity contribution in [2.45, 2.75) is 6.42 Å². The second-order valence-corrected chi connectivity index (χ2v) is 4.18. The minimum Gasteiger partial charge on any atom is -0.493 e. The maximum absolute atomic E-state index is 11.4. The van der Waals surface area contributed by atoms with Crippen molar-refractivity contribution >= 4 is 5.78 Å². The SMILES string of the molecule is COCCOCCCOc1ccc2c(c1)OCC2=O. The van der Waals surface area contributed by atoms with Crippen LogP contribution < -0.4 is 9.47 Å². The van der Waals surface area contributed by atoms with Gasteiger partial charge in [0.15, 0.2) is 6.61 Å². The number of ether oxygens (including phenoxy) is 4. The molecule has 1 aromatic carbocycles. The highest BCUT2D eigenvalue weighted by Gasteiger charge is 2.21. The number of hydrogen-bond donors (Lipinski definition) is 0. The Morgan fingerprint density at radius 3 is 2.95 bits per heavy atom. The summed E-state index contributed by atoms with van der Waals surface area (Å²) in [6, 6.07) is 5.29. The second kappa shape index (κ2) is 7.11. The summed E-state index contributed by atoms with van der Waals surface area (Å²) in [6.07, 6.45) is 0.806. The lowest BCUT2D eigenvalue weighted by molar-refractivity contribution is 0.0644. The van der Waals surface area contributed by atoms with Gasteiger partial charge in [-0.2, -0.15) is 0 Å². The van der Waals surface area contributed by atoms with E-state index >= 15 is 0 Å². The smallest absolute Gasteiger partial charge is 0.203 e. The molecule has 0 aromatic heterocycles. The summed E-state index contributed by atoms with van der Waals surface area (Å²) in [5.41, 5.74) is 0.634. The molecule has 0 unspecified atom stereocenters. The molecule has 0 radical (unpaired) electrons.